The van der Waals surface area contributed by atoms with Gasteiger partial charge in [-0.2, -0.15) is 0 Å². The molecule has 0 spiro atoms. The van der Waals surface area contributed by atoms with Crippen LogP contribution in [0.2, 0.25) is 0 Å². The second kappa shape index (κ2) is 11.8. The molecule has 37 heavy (non-hydrogen) atoms. The number of hydrogen-bond acceptors (Lipinski definition) is 3. The Balaban J connectivity index is 1.10. The Kier molecular flexibility index (Phi) is 7.89. The van der Waals surface area contributed by atoms with Crippen LogP contribution < -0.4 is 20.4 Å². The van der Waals surface area contributed by atoms with Gasteiger partial charge in [0.05, 0.1) is 26.2 Å². The van der Waals surface area contributed by atoms with E-state index in [1.165, 1.54) is 11.3 Å². The average molecular weight is 508 g/mol. The predicted octanol–water partition coefficient (Wildman–Crippen LogP) is 4.39. The van der Waals surface area contributed by atoms with Crippen LogP contribution >= 0.6 is 12.2 Å². The highest BCUT2D eigenvalue weighted by molar-refractivity contribution is 7.80. The van der Waals surface area contributed by atoms with E-state index in [0.29, 0.717) is 5.56 Å². The third-order valence-corrected chi connectivity index (χ3v) is 6.94. The van der Waals surface area contributed by atoms with Crippen molar-refractivity contribution in [2.45, 2.75) is 6.54 Å². The van der Waals surface area contributed by atoms with Crippen molar-refractivity contribution >= 4 is 34.6 Å². The lowest BCUT2D eigenvalue weighted by atomic mass is 10.0. The van der Waals surface area contributed by atoms with Gasteiger partial charge in [0.15, 0.2) is 5.11 Å². The summed E-state index contributed by atoms with van der Waals surface area (Å²) in [6, 6.07) is 36.5. The molecular formula is C31H31N4OS+. The summed E-state index contributed by atoms with van der Waals surface area (Å²) in [5.74, 6) is -0.232. The molecule has 1 aliphatic rings. The summed E-state index contributed by atoms with van der Waals surface area (Å²) in [7, 11) is 0. The Labute approximate surface area is 223 Å². The highest BCUT2D eigenvalue weighted by Crippen LogP contribution is 2.20. The summed E-state index contributed by atoms with van der Waals surface area (Å²) in [6.45, 7) is 5.39. The molecule has 1 fully saturated rings. The lowest BCUT2D eigenvalue weighted by Crippen LogP contribution is -3.13. The van der Waals surface area contributed by atoms with Gasteiger partial charge in [0.25, 0.3) is 5.91 Å². The molecule has 186 valence electrons. The molecule has 0 unspecified atom stereocenters. The molecule has 0 saturated carbocycles. The molecule has 1 aliphatic heterocycles. The summed E-state index contributed by atoms with van der Waals surface area (Å²) in [4.78, 5) is 16.7. The van der Waals surface area contributed by atoms with E-state index in [2.05, 4.69) is 58.0 Å². The van der Waals surface area contributed by atoms with Crippen LogP contribution in [0.3, 0.4) is 0 Å². The summed E-state index contributed by atoms with van der Waals surface area (Å²) in [5.41, 5.74) is 6.20. The summed E-state index contributed by atoms with van der Waals surface area (Å²) in [6.07, 6.45) is 0. The molecule has 5 nitrogen and oxygen atoms in total. The highest BCUT2D eigenvalue weighted by Gasteiger charge is 2.20. The number of carbonyl (C=O) groups excluding carboxylic acids is 1. The molecular weight excluding hydrogens is 476 g/mol. The van der Waals surface area contributed by atoms with Crippen LogP contribution in [0.5, 0.6) is 0 Å². The maximum absolute atomic E-state index is 12.6. The molecule has 4 aromatic carbocycles. The fraction of sp³-hybridized carbons (Fsp3) is 0.161. The van der Waals surface area contributed by atoms with Crippen molar-refractivity contribution in [2.75, 3.05) is 36.4 Å². The Hall–Kier alpha value is -4.00. The van der Waals surface area contributed by atoms with Crippen LogP contribution in [0.1, 0.15) is 15.9 Å². The number of piperazine rings is 1. The number of thiocarbonyl (C=S) groups is 1. The van der Waals surface area contributed by atoms with Crippen LogP contribution in [0.15, 0.2) is 109 Å². The average Bonchev–Trinajstić information content (AvgIpc) is 2.95. The van der Waals surface area contributed by atoms with Crippen molar-refractivity contribution in [3.63, 3.8) is 0 Å². The topological polar surface area (TPSA) is 48.8 Å². The van der Waals surface area contributed by atoms with Gasteiger partial charge in [-0.1, -0.05) is 72.8 Å². The maximum atomic E-state index is 12.6. The van der Waals surface area contributed by atoms with Crippen molar-refractivity contribution in [3.05, 3.63) is 120 Å². The first-order valence-electron chi connectivity index (χ1n) is 12.6. The first kappa shape index (κ1) is 24.7. The highest BCUT2D eigenvalue weighted by atomic mass is 32.1. The molecule has 0 bridgehead atoms. The SMILES string of the molecule is O=C(NC(=S)Nc1ccc(N2CC[NH+](Cc3ccccc3)CC2)cc1)c1ccc(-c2ccccc2)cc1. The second-order valence-electron chi connectivity index (χ2n) is 9.30. The zero-order chi connectivity index (χ0) is 25.5. The number of benzene rings is 4. The van der Waals surface area contributed by atoms with E-state index in [1.807, 2.05) is 66.7 Å². The van der Waals surface area contributed by atoms with Gasteiger partial charge in [-0.25, -0.2) is 0 Å². The van der Waals surface area contributed by atoms with Gasteiger partial charge in [0, 0.05) is 22.5 Å². The van der Waals surface area contributed by atoms with Gasteiger partial charge in [-0.05, 0) is 59.7 Å². The molecule has 0 radical (unpaired) electrons. The van der Waals surface area contributed by atoms with Gasteiger partial charge >= 0.3 is 0 Å². The van der Waals surface area contributed by atoms with Crippen LogP contribution in [-0.2, 0) is 6.54 Å². The summed E-state index contributed by atoms with van der Waals surface area (Å²) in [5, 5.41) is 6.18. The standard InChI is InChI=1S/C31H30N4OS/c36-30(27-13-11-26(12-14-27)25-9-5-2-6-10-25)33-31(37)32-28-15-17-29(18-16-28)35-21-19-34(20-22-35)23-24-7-3-1-4-8-24/h1-18H,19-23H2,(H2,32,33,36,37)/p+1. The van der Waals surface area contributed by atoms with Crippen molar-refractivity contribution in [1.82, 2.24) is 5.32 Å². The number of anilines is 2. The number of quaternary nitrogens is 1. The third-order valence-electron chi connectivity index (χ3n) is 6.74. The van der Waals surface area contributed by atoms with Crippen LogP contribution in [0.4, 0.5) is 11.4 Å². The Morgan fingerprint density at radius 2 is 1.35 bits per heavy atom. The molecule has 5 rings (SSSR count). The van der Waals surface area contributed by atoms with Gasteiger partial charge in [0.2, 0.25) is 0 Å². The van der Waals surface area contributed by atoms with E-state index in [-0.39, 0.29) is 11.0 Å². The minimum absolute atomic E-state index is 0.232. The number of carbonyl (C=O) groups is 1. The van der Waals surface area contributed by atoms with E-state index in [0.717, 1.165) is 49.5 Å². The molecule has 0 aliphatic carbocycles. The molecule has 1 heterocycles. The minimum Gasteiger partial charge on any atom is -0.360 e. The molecule has 0 atom stereocenters. The van der Waals surface area contributed by atoms with E-state index in [9.17, 15) is 4.79 Å². The van der Waals surface area contributed by atoms with E-state index in [4.69, 9.17) is 12.2 Å². The normalized spacial score (nSPS) is 13.7. The van der Waals surface area contributed by atoms with Gasteiger partial charge in [-0.15, -0.1) is 0 Å². The molecule has 1 amide bonds. The van der Waals surface area contributed by atoms with Crippen molar-refractivity contribution in [3.8, 4) is 11.1 Å². The molecule has 0 aromatic heterocycles. The van der Waals surface area contributed by atoms with Crippen molar-refractivity contribution < 1.29 is 9.69 Å². The number of rotatable bonds is 6. The Morgan fingerprint density at radius 1 is 0.757 bits per heavy atom. The lowest BCUT2D eigenvalue weighted by Gasteiger charge is -2.33. The Bertz CT molecular complexity index is 1320. The number of nitrogens with zero attached hydrogens (tertiary/aromatic N) is 1. The summed E-state index contributed by atoms with van der Waals surface area (Å²) >= 11 is 5.38. The number of nitrogens with one attached hydrogen (secondary N) is 3. The molecule has 6 heteroatoms. The van der Waals surface area contributed by atoms with Crippen LogP contribution in [-0.4, -0.2) is 37.2 Å². The van der Waals surface area contributed by atoms with E-state index in [1.54, 1.807) is 4.90 Å². The quantitative estimate of drug-likeness (QED) is 0.339. The fourth-order valence-corrected chi connectivity index (χ4v) is 4.89. The smallest absolute Gasteiger partial charge is 0.257 e. The van der Waals surface area contributed by atoms with Gasteiger partial charge in [0.1, 0.15) is 6.54 Å². The zero-order valence-corrected chi connectivity index (χ0v) is 21.5. The monoisotopic (exact) mass is 507 g/mol. The third kappa shape index (κ3) is 6.61. The first-order valence-corrected chi connectivity index (χ1v) is 13.1. The molecule has 3 N–H and O–H groups in total. The summed E-state index contributed by atoms with van der Waals surface area (Å²) < 4.78 is 0. The second-order valence-corrected chi connectivity index (χ2v) is 9.71. The minimum atomic E-state index is -0.232. The zero-order valence-electron chi connectivity index (χ0n) is 20.7. The largest absolute Gasteiger partial charge is 0.360 e. The van der Waals surface area contributed by atoms with E-state index < -0.39 is 0 Å². The van der Waals surface area contributed by atoms with E-state index >= 15 is 0 Å². The van der Waals surface area contributed by atoms with Crippen LogP contribution in [0, 0.1) is 0 Å². The Morgan fingerprint density at radius 3 is 2.00 bits per heavy atom. The maximum Gasteiger partial charge on any atom is 0.257 e. The molecule has 4 aromatic rings. The van der Waals surface area contributed by atoms with Gasteiger partial charge in [-0.3, -0.25) is 10.1 Å². The van der Waals surface area contributed by atoms with Crippen LogP contribution in [0.25, 0.3) is 11.1 Å². The number of amides is 1. The predicted molar refractivity (Wildman–Crippen MR) is 155 cm³/mol. The fourth-order valence-electron chi connectivity index (χ4n) is 4.68. The van der Waals surface area contributed by atoms with Gasteiger partial charge < -0.3 is 15.1 Å². The first-order chi connectivity index (χ1) is 18.1. The van der Waals surface area contributed by atoms with Crippen molar-refractivity contribution in [1.29, 1.82) is 0 Å². The number of hydrogen-bond donors (Lipinski definition) is 3. The van der Waals surface area contributed by atoms with Crippen molar-refractivity contribution in [2.24, 2.45) is 0 Å². The molecule has 1 saturated heterocycles. The lowest BCUT2D eigenvalue weighted by molar-refractivity contribution is -0.914.